The van der Waals surface area contributed by atoms with Gasteiger partial charge in [-0.3, -0.25) is 4.90 Å². The number of nitrogens with two attached hydrogens (primary N) is 2. The zero-order chi connectivity index (χ0) is 21.5. The number of aliphatic imine (C=N–C) groups is 2. The fraction of sp³-hybridized carbons (Fsp3) is 0.435. The predicted octanol–water partition coefficient (Wildman–Crippen LogP) is 2.81. The second-order valence-electron chi connectivity index (χ2n) is 8.06. The molecule has 0 radical (unpaired) electrons. The molecular formula is C23H31N7O. The first-order valence-electron chi connectivity index (χ1n) is 11.0. The minimum absolute atomic E-state index is 0.0531. The number of nitrogens with zero attached hydrogens (tertiary/aromatic N) is 4. The Labute approximate surface area is 183 Å². The lowest BCUT2D eigenvalue weighted by Crippen LogP contribution is -2.44. The fourth-order valence-electron chi connectivity index (χ4n) is 4.42. The van der Waals surface area contributed by atoms with Crippen LogP contribution in [0.25, 0.3) is 0 Å². The Balaban J connectivity index is 1.29. The lowest BCUT2D eigenvalue weighted by Gasteiger charge is -2.38. The van der Waals surface area contributed by atoms with Gasteiger partial charge in [-0.2, -0.15) is 9.98 Å². The molecule has 0 spiro atoms. The van der Waals surface area contributed by atoms with Gasteiger partial charge >= 0.3 is 0 Å². The van der Waals surface area contributed by atoms with Crippen LogP contribution in [0.2, 0.25) is 0 Å². The average molecular weight is 422 g/mol. The lowest BCUT2D eigenvalue weighted by atomic mass is 9.81. The van der Waals surface area contributed by atoms with E-state index in [-0.39, 0.29) is 11.9 Å². The Morgan fingerprint density at radius 3 is 2.42 bits per heavy atom. The highest BCUT2D eigenvalue weighted by molar-refractivity contribution is 6.01. The maximum absolute atomic E-state index is 5.97. The standard InChI is InChI=1S/C23H31N7O/c24-22(29-23(25)28-21-3-1-2-12-26-21)27-19-8-4-17(5-9-19)18-6-10-20(11-7-18)30-13-15-31-16-14-30/h1-5,8-9,12,18,20H,6-7,10-11,13-16H2,(H5,24,25,26,27,28,29). The van der Waals surface area contributed by atoms with Crippen molar-refractivity contribution in [3.8, 4) is 0 Å². The third-order valence-electron chi connectivity index (χ3n) is 6.03. The molecule has 1 aliphatic heterocycles. The molecule has 1 aromatic heterocycles. The molecule has 2 heterocycles. The fourth-order valence-corrected chi connectivity index (χ4v) is 4.42. The first kappa shape index (κ1) is 21.3. The molecular weight excluding hydrogens is 390 g/mol. The minimum Gasteiger partial charge on any atom is -0.379 e. The maximum Gasteiger partial charge on any atom is 0.225 e. The zero-order valence-electron chi connectivity index (χ0n) is 17.8. The highest BCUT2D eigenvalue weighted by Gasteiger charge is 2.27. The number of hydrogen-bond acceptors (Lipinski definition) is 4. The number of aromatic nitrogens is 1. The molecule has 1 saturated carbocycles. The number of morpholine rings is 1. The van der Waals surface area contributed by atoms with E-state index in [1.54, 1.807) is 12.3 Å². The number of pyridine rings is 1. The van der Waals surface area contributed by atoms with Gasteiger partial charge in [0.2, 0.25) is 11.9 Å². The summed E-state index contributed by atoms with van der Waals surface area (Å²) in [5, 5.41) is 3.07. The molecule has 1 aromatic carbocycles. The van der Waals surface area contributed by atoms with Crippen LogP contribution in [0.1, 0.15) is 37.2 Å². The van der Waals surface area contributed by atoms with E-state index < -0.39 is 0 Å². The van der Waals surface area contributed by atoms with E-state index in [0.29, 0.717) is 11.7 Å². The molecule has 0 unspecified atom stereocenters. The number of rotatable bonds is 4. The summed E-state index contributed by atoms with van der Waals surface area (Å²) in [6.07, 6.45) is 6.64. The van der Waals surface area contributed by atoms with E-state index in [4.69, 9.17) is 16.2 Å². The first-order chi connectivity index (χ1) is 15.2. The van der Waals surface area contributed by atoms with Gasteiger partial charge in [0.1, 0.15) is 0 Å². The lowest BCUT2D eigenvalue weighted by molar-refractivity contribution is 0.00730. The number of hydrogen-bond donors (Lipinski definition) is 3. The van der Waals surface area contributed by atoms with E-state index in [1.165, 1.54) is 31.2 Å². The van der Waals surface area contributed by atoms with E-state index in [0.717, 1.165) is 38.0 Å². The van der Waals surface area contributed by atoms with Crippen LogP contribution in [-0.2, 0) is 4.74 Å². The average Bonchev–Trinajstić information content (AvgIpc) is 2.81. The van der Waals surface area contributed by atoms with Crippen molar-refractivity contribution in [2.45, 2.75) is 37.6 Å². The van der Waals surface area contributed by atoms with Crippen LogP contribution in [-0.4, -0.2) is 54.1 Å². The Morgan fingerprint density at radius 2 is 1.74 bits per heavy atom. The predicted molar refractivity (Wildman–Crippen MR) is 125 cm³/mol. The molecule has 8 heteroatoms. The van der Waals surface area contributed by atoms with Gasteiger partial charge < -0.3 is 21.5 Å². The smallest absolute Gasteiger partial charge is 0.225 e. The molecule has 1 saturated heterocycles. The van der Waals surface area contributed by atoms with Crippen molar-refractivity contribution in [3.63, 3.8) is 0 Å². The van der Waals surface area contributed by atoms with Crippen LogP contribution in [0, 0.1) is 0 Å². The second kappa shape index (κ2) is 10.4. The Bertz CT molecular complexity index is 884. The van der Waals surface area contributed by atoms with Gasteiger partial charge in [-0.1, -0.05) is 18.2 Å². The third-order valence-corrected chi connectivity index (χ3v) is 6.03. The van der Waals surface area contributed by atoms with Gasteiger partial charge in [-0.25, -0.2) is 4.98 Å². The molecule has 0 bridgehead atoms. The number of benzene rings is 1. The Kier molecular flexibility index (Phi) is 7.11. The van der Waals surface area contributed by atoms with Crippen LogP contribution in [0.4, 0.5) is 11.5 Å². The Hall–Kier alpha value is -2.97. The topological polar surface area (TPSA) is 114 Å². The minimum atomic E-state index is 0.0531. The molecule has 2 fully saturated rings. The Morgan fingerprint density at radius 1 is 1.00 bits per heavy atom. The summed E-state index contributed by atoms with van der Waals surface area (Å²) < 4.78 is 5.49. The van der Waals surface area contributed by atoms with Gasteiger partial charge in [0, 0.05) is 31.0 Å². The van der Waals surface area contributed by atoms with Crippen LogP contribution >= 0.6 is 0 Å². The molecule has 8 nitrogen and oxygen atoms in total. The summed E-state index contributed by atoms with van der Waals surface area (Å²) in [5.41, 5.74) is 14.1. The molecule has 5 N–H and O–H groups in total. The zero-order valence-corrected chi connectivity index (χ0v) is 17.8. The normalized spacial score (nSPS) is 23.5. The van der Waals surface area contributed by atoms with E-state index >= 15 is 0 Å². The number of ether oxygens (including phenoxy) is 1. The van der Waals surface area contributed by atoms with Gasteiger partial charge in [0.25, 0.3) is 0 Å². The molecule has 2 aliphatic rings. The summed E-state index contributed by atoms with van der Waals surface area (Å²) in [7, 11) is 0. The van der Waals surface area contributed by atoms with E-state index in [1.807, 2.05) is 24.3 Å². The maximum atomic E-state index is 5.97. The van der Waals surface area contributed by atoms with E-state index in [2.05, 4.69) is 37.3 Å². The van der Waals surface area contributed by atoms with Crippen molar-refractivity contribution in [2.24, 2.45) is 21.5 Å². The molecule has 31 heavy (non-hydrogen) atoms. The monoisotopic (exact) mass is 421 g/mol. The highest BCUT2D eigenvalue weighted by atomic mass is 16.5. The van der Waals surface area contributed by atoms with Gasteiger partial charge in [0.05, 0.1) is 13.2 Å². The molecule has 1 aliphatic carbocycles. The van der Waals surface area contributed by atoms with Gasteiger partial charge in [0.15, 0.2) is 5.82 Å². The van der Waals surface area contributed by atoms with Crippen LogP contribution in [0.15, 0.2) is 58.6 Å². The summed E-state index contributed by atoms with van der Waals surface area (Å²) in [5.74, 6) is 1.36. The van der Waals surface area contributed by atoms with Crippen LogP contribution in [0.5, 0.6) is 0 Å². The SMILES string of the molecule is NC(=N\c1ccccn1)/N=C(\N)Nc1ccc(C2CCC(N3CCOCC3)CC2)cc1. The van der Waals surface area contributed by atoms with Crippen molar-refractivity contribution >= 4 is 23.4 Å². The molecule has 2 aromatic rings. The third kappa shape index (κ3) is 6.02. The summed E-state index contributed by atoms with van der Waals surface area (Å²) in [6.45, 7) is 3.91. The molecule has 4 rings (SSSR count). The summed E-state index contributed by atoms with van der Waals surface area (Å²) in [4.78, 5) is 14.9. The number of guanidine groups is 2. The quantitative estimate of drug-likeness (QED) is 0.517. The van der Waals surface area contributed by atoms with Crippen molar-refractivity contribution in [1.29, 1.82) is 0 Å². The number of anilines is 1. The van der Waals surface area contributed by atoms with Crippen LogP contribution < -0.4 is 16.8 Å². The van der Waals surface area contributed by atoms with Crippen molar-refractivity contribution in [2.75, 3.05) is 31.6 Å². The summed E-state index contributed by atoms with van der Waals surface area (Å²) >= 11 is 0. The van der Waals surface area contributed by atoms with Crippen molar-refractivity contribution in [3.05, 3.63) is 54.2 Å². The van der Waals surface area contributed by atoms with Crippen LogP contribution in [0.3, 0.4) is 0 Å². The van der Waals surface area contributed by atoms with Crippen molar-refractivity contribution < 1.29 is 4.74 Å². The van der Waals surface area contributed by atoms with Crippen molar-refractivity contribution in [1.82, 2.24) is 9.88 Å². The van der Waals surface area contributed by atoms with E-state index in [9.17, 15) is 0 Å². The highest BCUT2D eigenvalue weighted by Crippen LogP contribution is 2.35. The number of nitrogens with one attached hydrogen (secondary N) is 1. The second-order valence-corrected chi connectivity index (χ2v) is 8.06. The molecule has 0 atom stereocenters. The largest absolute Gasteiger partial charge is 0.379 e. The summed E-state index contributed by atoms with van der Waals surface area (Å²) in [6, 6.07) is 14.6. The van der Waals surface area contributed by atoms with Gasteiger partial charge in [-0.05, 0) is 61.4 Å². The molecule has 0 amide bonds. The van der Waals surface area contributed by atoms with Gasteiger partial charge in [-0.15, -0.1) is 0 Å². The molecule has 164 valence electrons. The first-order valence-corrected chi connectivity index (χ1v) is 11.0.